The SMILES string of the molecule is COCC(C)(C)COC(=O)NN. The number of carbonyl (C=O) groups excluding carboxylic acids is 1. The maximum Gasteiger partial charge on any atom is 0.421 e. The molecule has 0 bridgehead atoms. The Balaban J connectivity index is 3.67. The molecule has 0 rings (SSSR count). The molecule has 5 heteroatoms. The van der Waals surface area contributed by atoms with Crippen LogP contribution in [0.4, 0.5) is 4.79 Å². The van der Waals surface area contributed by atoms with E-state index in [4.69, 9.17) is 15.3 Å². The molecule has 0 saturated carbocycles. The zero-order valence-corrected chi connectivity index (χ0v) is 7.72. The lowest BCUT2D eigenvalue weighted by molar-refractivity contribution is 0.0407. The summed E-state index contributed by atoms with van der Waals surface area (Å²) in [5, 5.41) is 0. The number of hydrogen-bond acceptors (Lipinski definition) is 4. The molecule has 0 aromatic carbocycles. The molecule has 5 nitrogen and oxygen atoms in total. The normalized spacial score (nSPS) is 11.0. The van der Waals surface area contributed by atoms with Crippen LogP contribution < -0.4 is 11.3 Å². The Bertz CT molecular complexity index is 148. The van der Waals surface area contributed by atoms with Gasteiger partial charge in [-0.25, -0.2) is 10.6 Å². The van der Waals surface area contributed by atoms with Gasteiger partial charge in [0.05, 0.1) is 6.61 Å². The van der Waals surface area contributed by atoms with Crippen LogP contribution in [0.1, 0.15) is 13.8 Å². The molecule has 72 valence electrons. The summed E-state index contributed by atoms with van der Waals surface area (Å²) in [5.41, 5.74) is 1.70. The maximum absolute atomic E-state index is 10.6. The van der Waals surface area contributed by atoms with E-state index in [9.17, 15) is 4.79 Å². The molecule has 0 aliphatic rings. The van der Waals surface area contributed by atoms with E-state index in [-0.39, 0.29) is 12.0 Å². The zero-order chi connectivity index (χ0) is 9.61. The van der Waals surface area contributed by atoms with E-state index in [1.807, 2.05) is 19.3 Å². The summed E-state index contributed by atoms with van der Waals surface area (Å²) in [6.07, 6.45) is -0.626. The first-order valence-corrected chi connectivity index (χ1v) is 3.64. The minimum absolute atomic E-state index is 0.179. The van der Waals surface area contributed by atoms with Gasteiger partial charge in [-0.2, -0.15) is 0 Å². The van der Waals surface area contributed by atoms with E-state index in [0.29, 0.717) is 6.61 Å². The summed E-state index contributed by atoms with van der Waals surface area (Å²) >= 11 is 0. The molecule has 0 aromatic rings. The molecular formula is C7H16N2O3. The van der Waals surface area contributed by atoms with Crippen molar-refractivity contribution in [3.8, 4) is 0 Å². The van der Waals surface area contributed by atoms with Gasteiger partial charge >= 0.3 is 6.09 Å². The van der Waals surface area contributed by atoms with E-state index in [1.54, 1.807) is 7.11 Å². The highest BCUT2D eigenvalue weighted by atomic mass is 16.6. The first-order valence-electron chi connectivity index (χ1n) is 3.64. The molecule has 0 aliphatic carbocycles. The van der Waals surface area contributed by atoms with Crippen molar-refractivity contribution in [2.75, 3.05) is 20.3 Å². The highest BCUT2D eigenvalue weighted by Crippen LogP contribution is 2.15. The number of hydrogen-bond donors (Lipinski definition) is 2. The van der Waals surface area contributed by atoms with Gasteiger partial charge in [-0.3, -0.25) is 5.43 Å². The van der Waals surface area contributed by atoms with Gasteiger partial charge in [0, 0.05) is 12.5 Å². The van der Waals surface area contributed by atoms with Crippen molar-refractivity contribution in [1.29, 1.82) is 0 Å². The van der Waals surface area contributed by atoms with Crippen molar-refractivity contribution < 1.29 is 14.3 Å². The monoisotopic (exact) mass is 176 g/mol. The Morgan fingerprint density at radius 2 is 2.08 bits per heavy atom. The smallest absolute Gasteiger partial charge is 0.421 e. The highest BCUT2D eigenvalue weighted by Gasteiger charge is 2.19. The fraction of sp³-hybridized carbons (Fsp3) is 0.857. The third-order valence-corrected chi connectivity index (χ3v) is 1.25. The zero-order valence-electron chi connectivity index (χ0n) is 7.72. The Kier molecular flexibility index (Phi) is 4.61. The lowest BCUT2D eigenvalue weighted by Gasteiger charge is -2.22. The first kappa shape index (κ1) is 11.2. The van der Waals surface area contributed by atoms with E-state index in [0.717, 1.165) is 0 Å². The topological polar surface area (TPSA) is 73.6 Å². The van der Waals surface area contributed by atoms with Crippen LogP contribution in [-0.2, 0) is 9.47 Å². The number of amides is 1. The Morgan fingerprint density at radius 3 is 2.50 bits per heavy atom. The average Bonchev–Trinajstić information content (AvgIpc) is 2.00. The molecule has 0 saturated heterocycles. The van der Waals surface area contributed by atoms with Crippen LogP contribution in [0.3, 0.4) is 0 Å². The minimum atomic E-state index is -0.626. The van der Waals surface area contributed by atoms with Crippen molar-refractivity contribution in [3.05, 3.63) is 0 Å². The molecule has 0 aliphatic heterocycles. The van der Waals surface area contributed by atoms with E-state index >= 15 is 0 Å². The molecule has 3 N–H and O–H groups in total. The second-order valence-electron chi connectivity index (χ2n) is 3.32. The Morgan fingerprint density at radius 1 is 1.50 bits per heavy atom. The number of carbonyl (C=O) groups is 1. The summed E-state index contributed by atoms with van der Waals surface area (Å²) in [4.78, 5) is 10.6. The number of ether oxygens (including phenoxy) is 2. The largest absolute Gasteiger partial charge is 0.448 e. The van der Waals surface area contributed by atoms with Crippen LogP contribution in [0.2, 0.25) is 0 Å². The summed E-state index contributed by atoms with van der Waals surface area (Å²) in [6, 6.07) is 0. The van der Waals surface area contributed by atoms with Crippen LogP contribution in [0, 0.1) is 5.41 Å². The van der Waals surface area contributed by atoms with Crippen LogP contribution in [0.5, 0.6) is 0 Å². The summed E-state index contributed by atoms with van der Waals surface area (Å²) in [7, 11) is 1.60. The average molecular weight is 176 g/mol. The number of methoxy groups -OCH3 is 1. The molecule has 1 amide bonds. The second-order valence-corrected chi connectivity index (χ2v) is 3.32. The molecule has 0 heterocycles. The Labute approximate surface area is 72.2 Å². The van der Waals surface area contributed by atoms with E-state index in [1.165, 1.54) is 0 Å². The number of nitrogens with two attached hydrogens (primary N) is 1. The number of rotatable bonds is 4. The third-order valence-electron chi connectivity index (χ3n) is 1.25. The van der Waals surface area contributed by atoms with Gasteiger partial charge < -0.3 is 9.47 Å². The summed E-state index contributed by atoms with van der Waals surface area (Å²) in [6.45, 7) is 4.68. The minimum Gasteiger partial charge on any atom is -0.448 e. The second kappa shape index (κ2) is 4.95. The van der Waals surface area contributed by atoms with E-state index < -0.39 is 6.09 Å². The summed E-state index contributed by atoms with van der Waals surface area (Å²) in [5.74, 6) is 4.82. The van der Waals surface area contributed by atoms with Crippen LogP contribution in [0.15, 0.2) is 0 Å². The molecule has 0 aromatic heterocycles. The van der Waals surface area contributed by atoms with Gasteiger partial charge in [-0.05, 0) is 0 Å². The predicted octanol–water partition coefficient (Wildman–Crippen LogP) is 0.259. The maximum atomic E-state index is 10.6. The molecule has 0 unspecified atom stereocenters. The van der Waals surface area contributed by atoms with Gasteiger partial charge in [-0.1, -0.05) is 13.8 Å². The fourth-order valence-corrected chi connectivity index (χ4v) is 0.735. The van der Waals surface area contributed by atoms with E-state index in [2.05, 4.69) is 0 Å². The molecule has 12 heavy (non-hydrogen) atoms. The van der Waals surface area contributed by atoms with Crippen LogP contribution in [-0.4, -0.2) is 26.4 Å². The third kappa shape index (κ3) is 4.92. The lowest BCUT2D eigenvalue weighted by Crippen LogP contribution is -2.34. The standard InChI is InChI=1S/C7H16N2O3/c1-7(2,4-11-3)5-12-6(10)9-8/h4-5,8H2,1-3H3,(H,9,10). The van der Waals surface area contributed by atoms with Crippen molar-refractivity contribution in [2.45, 2.75) is 13.8 Å². The van der Waals surface area contributed by atoms with Crippen molar-refractivity contribution in [1.82, 2.24) is 5.43 Å². The number of hydrazine groups is 1. The van der Waals surface area contributed by atoms with Gasteiger partial charge in [0.1, 0.15) is 6.61 Å². The van der Waals surface area contributed by atoms with Crippen molar-refractivity contribution in [2.24, 2.45) is 11.3 Å². The highest BCUT2D eigenvalue weighted by molar-refractivity contribution is 5.66. The van der Waals surface area contributed by atoms with Gasteiger partial charge in [0.2, 0.25) is 0 Å². The van der Waals surface area contributed by atoms with Gasteiger partial charge in [0.25, 0.3) is 0 Å². The fourth-order valence-electron chi connectivity index (χ4n) is 0.735. The van der Waals surface area contributed by atoms with Gasteiger partial charge in [-0.15, -0.1) is 0 Å². The van der Waals surface area contributed by atoms with Crippen molar-refractivity contribution >= 4 is 6.09 Å². The summed E-state index contributed by atoms with van der Waals surface area (Å²) < 4.78 is 9.68. The van der Waals surface area contributed by atoms with Crippen molar-refractivity contribution in [3.63, 3.8) is 0 Å². The lowest BCUT2D eigenvalue weighted by atomic mass is 9.96. The quantitative estimate of drug-likeness (QED) is 0.366. The molecule has 0 radical (unpaired) electrons. The molecule has 0 atom stereocenters. The van der Waals surface area contributed by atoms with Crippen LogP contribution in [0.25, 0.3) is 0 Å². The Hall–Kier alpha value is -0.810. The van der Waals surface area contributed by atoms with Crippen LogP contribution >= 0.6 is 0 Å². The first-order chi connectivity index (χ1) is 5.52. The molecular weight excluding hydrogens is 160 g/mol. The molecule has 0 spiro atoms. The molecule has 0 fully saturated rings. The predicted molar refractivity (Wildman–Crippen MR) is 44.3 cm³/mol. The number of nitrogens with one attached hydrogen (secondary N) is 1. The van der Waals surface area contributed by atoms with Gasteiger partial charge in [0.15, 0.2) is 0 Å².